The van der Waals surface area contributed by atoms with E-state index >= 15 is 0 Å². The number of aromatic nitrogens is 2. The maximum absolute atomic E-state index is 12.0. The molecule has 2 N–H and O–H groups in total. The predicted molar refractivity (Wildman–Crippen MR) is 114 cm³/mol. The van der Waals surface area contributed by atoms with E-state index < -0.39 is 0 Å². The van der Waals surface area contributed by atoms with Gasteiger partial charge in [-0.2, -0.15) is 0 Å². The molecule has 0 bridgehead atoms. The molecule has 3 rings (SSSR count). The van der Waals surface area contributed by atoms with Crippen molar-refractivity contribution in [2.24, 2.45) is 0 Å². The Balaban J connectivity index is 1.62. The van der Waals surface area contributed by atoms with E-state index in [4.69, 9.17) is 16.6 Å². The van der Waals surface area contributed by atoms with Crippen molar-refractivity contribution in [3.8, 4) is 0 Å². The molecule has 1 aromatic carbocycles. The molecule has 2 heterocycles. The molecule has 0 saturated carbocycles. The molecular weight excluding hydrogens is 394 g/mol. The van der Waals surface area contributed by atoms with Gasteiger partial charge in [0.15, 0.2) is 5.16 Å². The van der Waals surface area contributed by atoms with Gasteiger partial charge in [0.05, 0.1) is 33.2 Å². The maximum atomic E-state index is 12.0. The van der Waals surface area contributed by atoms with Gasteiger partial charge in [0.1, 0.15) is 11.0 Å². The lowest BCUT2D eigenvalue weighted by Gasteiger charge is -2.30. The van der Waals surface area contributed by atoms with Gasteiger partial charge >= 0.3 is 0 Å². The number of amides is 1. The Hall–Kier alpha value is -1.83. The fraction of sp³-hybridized carbons (Fsp3) is 0.450. The number of carbonyl (C=O) groups is 1. The summed E-state index contributed by atoms with van der Waals surface area (Å²) in [6.07, 6.45) is 0. The second-order valence-corrected chi connectivity index (χ2v) is 8.72. The van der Waals surface area contributed by atoms with Gasteiger partial charge in [0, 0.05) is 23.4 Å². The monoisotopic (exact) mass is 420 g/mol. The van der Waals surface area contributed by atoms with Crippen molar-refractivity contribution in [3.05, 3.63) is 46.6 Å². The van der Waals surface area contributed by atoms with Crippen LogP contribution in [0.25, 0.3) is 0 Å². The Morgan fingerprint density at radius 3 is 2.57 bits per heavy atom. The fourth-order valence-corrected chi connectivity index (χ4v) is 4.01. The molecule has 1 aliphatic rings. The first-order chi connectivity index (χ1) is 13.4. The number of nitrogens with one attached hydrogen (secondary N) is 2. The van der Waals surface area contributed by atoms with E-state index in [1.165, 1.54) is 4.90 Å². The zero-order chi connectivity index (χ0) is 20.1. The third-order valence-electron chi connectivity index (χ3n) is 4.61. The minimum Gasteiger partial charge on any atom is -0.350 e. The number of halogens is 1. The summed E-state index contributed by atoms with van der Waals surface area (Å²) in [5, 5.41) is 4.05. The summed E-state index contributed by atoms with van der Waals surface area (Å²) >= 11 is 7.79. The second-order valence-electron chi connectivity index (χ2n) is 7.39. The van der Waals surface area contributed by atoms with E-state index in [1.54, 1.807) is 11.8 Å². The van der Waals surface area contributed by atoms with Crippen molar-refractivity contribution < 1.29 is 9.69 Å². The van der Waals surface area contributed by atoms with Gasteiger partial charge in [0.25, 0.3) is 5.91 Å². The van der Waals surface area contributed by atoms with Crippen LogP contribution in [0, 0.1) is 0 Å². The summed E-state index contributed by atoms with van der Waals surface area (Å²) < 4.78 is 0. The lowest BCUT2D eigenvalue weighted by Crippen LogP contribution is -3.12. The molecule has 0 radical (unpaired) electrons. The molecule has 150 valence electrons. The van der Waals surface area contributed by atoms with Gasteiger partial charge in [-0.1, -0.05) is 35.5 Å². The standard InChI is InChI=1S/C20H26ClN5OS/c1-14(2)22-19(27)16-6-4-15(5-7-16)13-28-20-23-17(21)12-18(24-20)26-10-8-25(3)9-11-26/h4-7,12,14H,8-11,13H2,1-3H3,(H,22,27)/p+1. The first-order valence-corrected chi connectivity index (χ1v) is 10.9. The average molecular weight is 421 g/mol. The molecule has 2 aromatic rings. The minimum atomic E-state index is -0.0500. The van der Waals surface area contributed by atoms with Crippen molar-refractivity contribution in [1.29, 1.82) is 0 Å². The number of benzene rings is 1. The number of nitrogens with zero attached hydrogens (tertiary/aromatic N) is 3. The van der Waals surface area contributed by atoms with Crippen LogP contribution in [0.1, 0.15) is 29.8 Å². The van der Waals surface area contributed by atoms with Crippen LogP contribution in [0.15, 0.2) is 35.5 Å². The molecule has 28 heavy (non-hydrogen) atoms. The Kier molecular flexibility index (Phi) is 7.15. The van der Waals surface area contributed by atoms with Gasteiger partial charge in [0.2, 0.25) is 0 Å². The molecule has 1 aliphatic heterocycles. The summed E-state index contributed by atoms with van der Waals surface area (Å²) in [6.45, 7) is 8.05. The molecular formula is C20H27ClN5OS+. The van der Waals surface area contributed by atoms with E-state index in [0.29, 0.717) is 15.9 Å². The number of rotatable bonds is 6. The van der Waals surface area contributed by atoms with Crippen LogP contribution >= 0.6 is 23.4 Å². The van der Waals surface area contributed by atoms with E-state index in [9.17, 15) is 4.79 Å². The summed E-state index contributed by atoms with van der Waals surface area (Å²) in [5.74, 6) is 1.57. The molecule has 8 heteroatoms. The van der Waals surface area contributed by atoms with Crippen LogP contribution in [0.2, 0.25) is 5.15 Å². The largest absolute Gasteiger partial charge is 0.350 e. The molecule has 0 atom stereocenters. The number of likely N-dealkylation sites (N-methyl/N-ethyl adjacent to an activating group) is 1. The average Bonchev–Trinajstić information content (AvgIpc) is 2.66. The van der Waals surface area contributed by atoms with Gasteiger partial charge in [-0.3, -0.25) is 4.79 Å². The fourth-order valence-electron chi connectivity index (χ4n) is 2.98. The number of carbonyl (C=O) groups excluding carboxylic acids is 1. The Morgan fingerprint density at radius 1 is 1.25 bits per heavy atom. The quantitative estimate of drug-likeness (QED) is 0.424. The lowest BCUT2D eigenvalue weighted by atomic mass is 10.1. The van der Waals surface area contributed by atoms with Crippen LogP contribution in [-0.2, 0) is 5.75 Å². The molecule has 1 saturated heterocycles. The van der Waals surface area contributed by atoms with Crippen molar-refractivity contribution in [2.75, 3.05) is 38.1 Å². The first kappa shape index (κ1) is 20.9. The number of thioether (sulfide) groups is 1. The van der Waals surface area contributed by atoms with Crippen LogP contribution in [0.5, 0.6) is 0 Å². The lowest BCUT2D eigenvalue weighted by molar-refractivity contribution is -0.880. The Morgan fingerprint density at radius 2 is 1.93 bits per heavy atom. The van der Waals surface area contributed by atoms with Crippen LogP contribution in [-0.4, -0.2) is 55.1 Å². The molecule has 0 aliphatic carbocycles. The van der Waals surface area contributed by atoms with Gasteiger partial charge in [-0.15, -0.1) is 0 Å². The highest BCUT2D eigenvalue weighted by molar-refractivity contribution is 7.98. The van der Waals surface area contributed by atoms with Gasteiger partial charge in [-0.05, 0) is 31.5 Å². The predicted octanol–water partition coefficient (Wildman–Crippen LogP) is 1.90. The van der Waals surface area contributed by atoms with Crippen LogP contribution in [0.4, 0.5) is 5.82 Å². The van der Waals surface area contributed by atoms with E-state index in [0.717, 1.165) is 43.3 Å². The zero-order valence-electron chi connectivity index (χ0n) is 16.5. The van der Waals surface area contributed by atoms with Crippen molar-refractivity contribution >= 4 is 35.1 Å². The molecule has 6 nitrogen and oxygen atoms in total. The Labute approximate surface area is 175 Å². The molecule has 1 aromatic heterocycles. The highest BCUT2D eigenvalue weighted by atomic mass is 35.5. The Bertz CT molecular complexity index is 807. The summed E-state index contributed by atoms with van der Waals surface area (Å²) in [4.78, 5) is 24.9. The van der Waals surface area contributed by atoms with E-state index in [2.05, 4.69) is 22.2 Å². The SMILES string of the molecule is CC(C)NC(=O)c1ccc(CSc2nc(Cl)cc(N3CC[NH+](C)CC3)n2)cc1. The van der Waals surface area contributed by atoms with E-state index in [1.807, 2.05) is 44.2 Å². The summed E-state index contributed by atoms with van der Waals surface area (Å²) in [5.41, 5.74) is 1.78. The number of piperazine rings is 1. The zero-order valence-corrected chi connectivity index (χ0v) is 18.1. The van der Waals surface area contributed by atoms with E-state index in [-0.39, 0.29) is 11.9 Å². The first-order valence-electron chi connectivity index (χ1n) is 9.54. The normalized spacial score (nSPS) is 15.1. The number of anilines is 1. The maximum Gasteiger partial charge on any atom is 0.251 e. The highest BCUT2D eigenvalue weighted by Gasteiger charge is 2.19. The van der Waals surface area contributed by atoms with Gasteiger partial charge in [-0.25, -0.2) is 9.97 Å². The molecule has 1 amide bonds. The molecule has 1 fully saturated rings. The van der Waals surface area contributed by atoms with Crippen molar-refractivity contribution in [3.63, 3.8) is 0 Å². The van der Waals surface area contributed by atoms with Crippen LogP contribution in [0.3, 0.4) is 0 Å². The summed E-state index contributed by atoms with van der Waals surface area (Å²) in [7, 11) is 2.21. The molecule has 0 spiro atoms. The summed E-state index contributed by atoms with van der Waals surface area (Å²) in [6, 6.07) is 9.61. The smallest absolute Gasteiger partial charge is 0.251 e. The molecule has 0 unspecified atom stereocenters. The van der Waals surface area contributed by atoms with Crippen molar-refractivity contribution in [2.45, 2.75) is 30.8 Å². The topological polar surface area (TPSA) is 62.6 Å². The third kappa shape index (κ3) is 5.83. The number of quaternary nitrogens is 1. The minimum absolute atomic E-state index is 0.0500. The number of hydrogen-bond donors (Lipinski definition) is 2. The third-order valence-corrected chi connectivity index (χ3v) is 5.72. The second kappa shape index (κ2) is 9.58. The van der Waals surface area contributed by atoms with Crippen molar-refractivity contribution in [1.82, 2.24) is 15.3 Å². The number of hydrogen-bond acceptors (Lipinski definition) is 5. The van der Waals surface area contributed by atoms with Crippen LogP contribution < -0.4 is 15.1 Å². The van der Waals surface area contributed by atoms with Gasteiger partial charge < -0.3 is 15.1 Å². The highest BCUT2D eigenvalue weighted by Crippen LogP contribution is 2.24.